The smallest absolute Gasteiger partial charge is 0.323 e. The van der Waals surface area contributed by atoms with Gasteiger partial charge in [-0.3, -0.25) is 4.79 Å². The zero-order chi connectivity index (χ0) is 15.9. The van der Waals surface area contributed by atoms with Crippen LogP contribution in [-0.4, -0.2) is 28.9 Å². The first-order valence-electron chi connectivity index (χ1n) is 7.01. The molecule has 0 aliphatic rings. The van der Waals surface area contributed by atoms with Crippen molar-refractivity contribution in [3.63, 3.8) is 0 Å². The van der Waals surface area contributed by atoms with E-state index in [-0.39, 0.29) is 0 Å². The van der Waals surface area contributed by atoms with E-state index in [0.29, 0.717) is 29.4 Å². The van der Waals surface area contributed by atoms with Gasteiger partial charge in [-0.05, 0) is 49.8 Å². The molecule has 6 heteroatoms. The van der Waals surface area contributed by atoms with Gasteiger partial charge in [0.25, 0.3) is 0 Å². The van der Waals surface area contributed by atoms with E-state index in [9.17, 15) is 9.90 Å². The summed E-state index contributed by atoms with van der Waals surface area (Å²) in [6, 6.07) is 5.37. The predicted molar refractivity (Wildman–Crippen MR) is 90.8 cm³/mol. The molecular formula is C15H21Cl2NO2S. The molecule has 0 saturated heterocycles. The van der Waals surface area contributed by atoms with E-state index >= 15 is 0 Å². The molecule has 0 aliphatic heterocycles. The first-order chi connectivity index (χ1) is 9.95. The van der Waals surface area contributed by atoms with Crippen molar-refractivity contribution in [2.45, 2.75) is 43.5 Å². The molecule has 1 aromatic rings. The number of carboxylic acids is 1. The highest BCUT2D eigenvalue weighted by atomic mass is 35.5. The molecule has 0 aromatic heterocycles. The molecular weight excluding hydrogens is 329 g/mol. The van der Waals surface area contributed by atoms with E-state index < -0.39 is 11.5 Å². The Morgan fingerprint density at radius 1 is 1.38 bits per heavy atom. The Balaban J connectivity index is 2.55. The molecule has 1 rings (SSSR count). The van der Waals surface area contributed by atoms with Gasteiger partial charge in [-0.25, -0.2) is 0 Å². The topological polar surface area (TPSA) is 49.3 Å². The maximum atomic E-state index is 11.5. The van der Waals surface area contributed by atoms with Crippen LogP contribution in [0.3, 0.4) is 0 Å². The van der Waals surface area contributed by atoms with Gasteiger partial charge < -0.3 is 10.4 Å². The molecule has 21 heavy (non-hydrogen) atoms. The Kier molecular flexibility index (Phi) is 7.88. The normalized spacial score (nSPS) is 13.9. The van der Waals surface area contributed by atoms with Crippen LogP contribution < -0.4 is 5.32 Å². The first kappa shape index (κ1) is 18.6. The molecule has 0 fully saturated rings. The fourth-order valence-corrected chi connectivity index (χ4v) is 3.65. The van der Waals surface area contributed by atoms with Crippen LogP contribution in [0.4, 0.5) is 0 Å². The lowest BCUT2D eigenvalue weighted by atomic mass is 9.91. The average Bonchev–Trinajstić information content (AvgIpc) is 2.45. The standard InChI is InChI=1S/C15H21Cl2NO2S/c1-3-15(14(19)20,18-4-2)8-5-9-21-13-10-11(16)6-7-12(13)17/h6-7,10,18H,3-5,8-9H2,1-2H3,(H,19,20). The summed E-state index contributed by atoms with van der Waals surface area (Å²) in [6.45, 7) is 4.47. The number of thioether (sulfide) groups is 1. The monoisotopic (exact) mass is 349 g/mol. The van der Waals surface area contributed by atoms with Gasteiger partial charge in [0.15, 0.2) is 0 Å². The lowest BCUT2D eigenvalue weighted by Gasteiger charge is -2.29. The Hall–Kier alpha value is -0.420. The van der Waals surface area contributed by atoms with Crippen LogP contribution in [0.25, 0.3) is 0 Å². The largest absolute Gasteiger partial charge is 0.480 e. The Morgan fingerprint density at radius 3 is 2.67 bits per heavy atom. The number of nitrogens with one attached hydrogen (secondary N) is 1. The number of hydrogen-bond acceptors (Lipinski definition) is 3. The van der Waals surface area contributed by atoms with E-state index in [1.165, 1.54) is 0 Å². The summed E-state index contributed by atoms with van der Waals surface area (Å²) in [4.78, 5) is 12.4. The molecule has 0 aliphatic carbocycles. The molecule has 0 amide bonds. The van der Waals surface area contributed by atoms with Crippen molar-refractivity contribution in [2.24, 2.45) is 0 Å². The van der Waals surface area contributed by atoms with Crippen LogP contribution in [0.1, 0.15) is 33.1 Å². The van der Waals surface area contributed by atoms with Crippen molar-refractivity contribution in [2.75, 3.05) is 12.3 Å². The van der Waals surface area contributed by atoms with Crippen molar-refractivity contribution in [1.82, 2.24) is 5.32 Å². The number of carbonyl (C=O) groups is 1. The number of benzene rings is 1. The highest BCUT2D eigenvalue weighted by Gasteiger charge is 2.34. The number of halogens is 2. The summed E-state index contributed by atoms with van der Waals surface area (Å²) >= 11 is 13.7. The SMILES string of the molecule is CCNC(CC)(CCCSc1cc(Cl)ccc1Cl)C(=O)O. The molecule has 1 unspecified atom stereocenters. The summed E-state index contributed by atoms with van der Waals surface area (Å²) in [5, 5.41) is 13.9. The molecule has 0 radical (unpaired) electrons. The molecule has 3 nitrogen and oxygen atoms in total. The summed E-state index contributed by atoms with van der Waals surface area (Å²) in [5.41, 5.74) is -0.826. The minimum atomic E-state index is -0.826. The second-order valence-corrected chi connectivity index (χ2v) is 6.78. The van der Waals surface area contributed by atoms with E-state index in [1.807, 2.05) is 19.9 Å². The summed E-state index contributed by atoms with van der Waals surface area (Å²) in [7, 11) is 0. The Labute approximate surface area is 140 Å². The second kappa shape index (κ2) is 8.89. The van der Waals surface area contributed by atoms with Gasteiger partial charge >= 0.3 is 5.97 Å². The quantitative estimate of drug-likeness (QED) is 0.500. The van der Waals surface area contributed by atoms with Gasteiger partial charge in [-0.1, -0.05) is 37.0 Å². The van der Waals surface area contributed by atoms with Crippen LogP contribution in [0.15, 0.2) is 23.1 Å². The molecule has 0 bridgehead atoms. The van der Waals surface area contributed by atoms with Crippen LogP contribution in [0, 0.1) is 0 Å². The molecule has 1 atom stereocenters. The van der Waals surface area contributed by atoms with Crippen molar-refractivity contribution >= 4 is 40.9 Å². The van der Waals surface area contributed by atoms with Crippen molar-refractivity contribution in [3.8, 4) is 0 Å². The van der Waals surface area contributed by atoms with Gasteiger partial charge in [0.2, 0.25) is 0 Å². The fraction of sp³-hybridized carbons (Fsp3) is 0.533. The first-order valence-corrected chi connectivity index (χ1v) is 8.75. The van der Waals surface area contributed by atoms with E-state index in [1.54, 1.807) is 23.9 Å². The fourth-order valence-electron chi connectivity index (χ4n) is 2.21. The lowest BCUT2D eigenvalue weighted by molar-refractivity contribution is -0.145. The number of carboxylic acid groups (broad SMARTS) is 1. The third-order valence-electron chi connectivity index (χ3n) is 3.43. The number of likely N-dealkylation sites (N-methyl/N-ethyl adjacent to an activating group) is 1. The minimum Gasteiger partial charge on any atom is -0.480 e. The zero-order valence-corrected chi connectivity index (χ0v) is 14.6. The van der Waals surface area contributed by atoms with Gasteiger partial charge in [0.1, 0.15) is 5.54 Å². The number of hydrogen-bond donors (Lipinski definition) is 2. The van der Waals surface area contributed by atoms with Crippen molar-refractivity contribution < 1.29 is 9.90 Å². The van der Waals surface area contributed by atoms with Gasteiger partial charge in [-0.2, -0.15) is 0 Å². The minimum absolute atomic E-state index is 0.568. The highest BCUT2D eigenvalue weighted by Crippen LogP contribution is 2.31. The van der Waals surface area contributed by atoms with E-state index in [2.05, 4.69) is 5.32 Å². The Bertz CT molecular complexity index is 485. The average molecular weight is 350 g/mol. The van der Waals surface area contributed by atoms with Crippen molar-refractivity contribution in [3.05, 3.63) is 28.2 Å². The van der Waals surface area contributed by atoms with E-state index in [0.717, 1.165) is 17.1 Å². The molecule has 118 valence electrons. The maximum Gasteiger partial charge on any atom is 0.323 e. The van der Waals surface area contributed by atoms with Gasteiger partial charge in [-0.15, -0.1) is 11.8 Å². The van der Waals surface area contributed by atoms with Gasteiger partial charge in [0, 0.05) is 9.92 Å². The molecule has 0 spiro atoms. The highest BCUT2D eigenvalue weighted by molar-refractivity contribution is 7.99. The Morgan fingerprint density at radius 2 is 2.10 bits per heavy atom. The summed E-state index contributed by atoms with van der Waals surface area (Å²) in [6.07, 6.45) is 1.96. The third-order valence-corrected chi connectivity index (χ3v) is 5.25. The lowest BCUT2D eigenvalue weighted by Crippen LogP contribution is -2.51. The molecule has 0 saturated carbocycles. The third kappa shape index (κ3) is 5.37. The summed E-state index contributed by atoms with van der Waals surface area (Å²) < 4.78 is 0. The van der Waals surface area contributed by atoms with Gasteiger partial charge in [0.05, 0.1) is 5.02 Å². The molecule has 2 N–H and O–H groups in total. The van der Waals surface area contributed by atoms with Crippen LogP contribution >= 0.6 is 35.0 Å². The maximum absolute atomic E-state index is 11.5. The zero-order valence-electron chi connectivity index (χ0n) is 12.3. The summed E-state index contributed by atoms with van der Waals surface area (Å²) in [5.74, 6) is 0.0261. The molecule has 0 heterocycles. The predicted octanol–water partition coefficient (Wildman–Crippen LogP) is 4.71. The van der Waals surface area contributed by atoms with Crippen LogP contribution in [0.5, 0.6) is 0 Å². The van der Waals surface area contributed by atoms with Crippen LogP contribution in [-0.2, 0) is 4.79 Å². The second-order valence-electron chi connectivity index (χ2n) is 4.80. The molecule has 1 aromatic carbocycles. The number of rotatable bonds is 9. The number of aliphatic carboxylic acids is 1. The van der Waals surface area contributed by atoms with Crippen molar-refractivity contribution in [1.29, 1.82) is 0 Å². The van der Waals surface area contributed by atoms with E-state index in [4.69, 9.17) is 23.2 Å². The van der Waals surface area contributed by atoms with Crippen LogP contribution in [0.2, 0.25) is 10.0 Å².